The first-order valence-corrected chi connectivity index (χ1v) is 5.03. The average molecular weight is 218 g/mol. The molecule has 0 saturated heterocycles. The number of rotatable bonds is 3. The van der Waals surface area contributed by atoms with Gasteiger partial charge in [-0.2, -0.15) is 5.10 Å². The van der Waals surface area contributed by atoms with Crippen LogP contribution < -0.4 is 0 Å². The van der Waals surface area contributed by atoms with Gasteiger partial charge in [-0.1, -0.05) is 12.1 Å². The topological polar surface area (TPSA) is 34.9 Å². The Morgan fingerprint density at radius 1 is 1.44 bits per heavy atom. The molecule has 3 nitrogen and oxygen atoms in total. The van der Waals surface area contributed by atoms with E-state index in [9.17, 15) is 9.18 Å². The highest BCUT2D eigenvalue weighted by molar-refractivity contribution is 5.85. The van der Waals surface area contributed by atoms with Gasteiger partial charge in [0.15, 0.2) is 6.29 Å². The van der Waals surface area contributed by atoms with Crippen LogP contribution in [0.25, 0.3) is 11.3 Å². The Hall–Kier alpha value is -1.97. The number of aromatic nitrogens is 2. The fraction of sp³-hybridized carbons (Fsp3) is 0.167. The minimum absolute atomic E-state index is 0.346. The Labute approximate surface area is 92.5 Å². The van der Waals surface area contributed by atoms with Crippen molar-refractivity contribution in [2.24, 2.45) is 0 Å². The first kappa shape index (κ1) is 10.5. The zero-order valence-corrected chi connectivity index (χ0v) is 8.85. The van der Waals surface area contributed by atoms with Gasteiger partial charge in [0.1, 0.15) is 5.82 Å². The van der Waals surface area contributed by atoms with Crippen molar-refractivity contribution in [3.05, 3.63) is 41.8 Å². The van der Waals surface area contributed by atoms with Crippen molar-refractivity contribution in [1.82, 2.24) is 9.78 Å². The summed E-state index contributed by atoms with van der Waals surface area (Å²) in [7, 11) is 0. The number of aldehydes is 1. The van der Waals surface area contributed by atoms with Gasteiger partial charge < -0.3 is 0 Å². The smallest absolute Gasteiger partial charge is 0.153 e. The average Bonchev–Trinajstić information content (AvgIpc) is 2.72. The molecule has 0 aliphatic heterocycles. The van der Waals surface area contributed by atoms with Crippen molar-refractivity contribution in [2.45, 2.75) is 13.5 Å². The lowest BCUT2D eigenvalue weighted by Crippen LogP contribution is -2.01. The monoisotopic (exact) mass is 218 g/mol. The van der Waals surface area contributed by atoms with Crippen LogP contribution in [-0.4, -0.2) is 16.1 Å². The maximum atomic E-state index is 13.6. The van der Waals surface area contributed by atoms with Gasteiger partial charge in [0.2, 0.25) is 0 Å². The van der Waals surface area contributed by atoms with E-state index in [1.807, 2.05) is 6.92 Å². The Morgan fingerprint density at radius 3 is 2.81 bits per heavy atom. The zero-order valence-electron chi connectivity index (χ0n) is 8.85. The first-order chi connectivity index (χ1) is 7.77. The molecule has 2 rings (SSSR count). The van der Waals surface area contributed by atoms with Crippen molar-refractivity contribution in [1.29, 1.82) is 0 Å². The van der Waals surface area contributed by atoms with Crippen LogP contribution in [0, 0.1) is 5.82 Å². The molecule has 0 amide bonds. The van der Waals surface area contributed by atoms with Crippen LogP contribution in [0.2, 0.25) is 0 Å². The summed E-state index contributed by atoms with van der Waals surface area (Å²) in [6, 6.07) is 6.37. The van der Waals surface area contributed by atoms with Crippen LogP contribution in [-0.2, 0) is 6.54 Å². The number of carbonyl (C=O) groups is 1. The van der Waals surface area contributed by atoms with E-state index in [0.717, 1.165) is 0 Å². The largest absolute Gasteiger partial charge is 0.298 e. The lowest BCUT2D eigenvalue weighted by atomic mass is 10.1. The van der Waals surface area contributed by atoms with Crippen molar-refractivity contribution < 1.29 is 9.18 Å². The molecule has 0 aliphatic carbocycles. The highest BCUT2D eigenvalue weighted by atomic mass is 19.1. The van der Waals surface area contributed by atoms with Crippen LogP contribution in [0.1, 0.15) is 17.3 Å². The minimum Gasteiger partial charge on any atom is -0.298 e. The minimum atomic E-state index is -0.346. The van der Waals surface area contributed by atoms with E-state index in [0.29, 0.717) is 29.7 Å². The molecule has 0 saturated carbocycles. The Bertz CT molecular complexity index is 519. The predicted molar refractivity (Wildman–Crippen MR) is 58.7 cm³/mol. The van der Waals surface area contributed by atoms with Crippen LogP contribution in [0.5, 0.6) is 0 Å². The zero-order chi connectivity index (χ0) is 11.5. The molecule has 0 radical (unpaired) electrons. The predicted octanol–water partition coefficient (Wildman–Crippen LogP) is 2.52. The quantitative estimate of drug-likeness (QED) is 0.742. The summed E-state index contributed by atoms with van der Waals surface area (Å²) in [5, 5.41) is 4.04. The molecule has 1 aromatic carbocycles. The van der Waals surface area contributed by atoms with Gasteiger partial charge in [0, 0.05) is 12.1 Å². The number of halogens is 1. The van der Waals surface area contributed by atoms with Gasteiger partial charge in [-0.15, -0.1) is 0 Å². The molecule has 2 aromatic rings. The number of carbonyl (C=O) groups excluding carboxylic acids is 1. The second-order valence-corrected chi connectivity index (χ2v) is 3.36. The number of nitrogens with zero attached hydrogens (tertiary/aromatic N) is 2. The van der Waals surface area contributed by atoms with Crippen molar-refractivity contribution in [2.75, 3.05) is 0 Å². The maximum Gasteiger partial charge on any atom is 0.153 e. The molecular formula is C12H11FN2O. The number of hydrogen-bond acceptors (Lipinski definition) is 2. The summed E-state index contributed by atoms with van der Waals surface area (Å²) in [6.45, 7) is 2.49. The number of aryl methyl sites for hydroxylation is 1. The molecule has 4 heteroatoms. The third kappa shape index (κ3) is 1.62. The summed E-state index contributed by atoms with van der Waals surface area (Å²) in [4.78, 5) is 10.9. The van der Waals surface area contributed by atoms with Crippen molar-refractivity contribution >= 4 is 6.29 Å². The molecule has 0 atom stereocenters. The van der Waals surface area contributed by atoms with Gasteiger partial charge >= 0.3 is 0 Å². The normalized spacial score (nSPS) is 10.4. The molecule has 1 heterocycles. The van der Waals surface area contributed by atoms with Crippen LogP contribution in [0.3, 0.4) is 0 Å². The first-order valence-electron chi connectivity index (χ1n) is 5.03. The fourth-order valence-corrected chi connectivity index (χ4v) is 1.67. The van der Waals surface area contributed by atoms with Crippen molar-refractivity contribution in [3.63, 3.8) is 0 Å². The van der Waals surface area contributed by atoms with Gasteiger partial charge in [0.05, 0.1) is 17.5 Å². The third-order valence-corrected chi connectivity index (χ3v) is 2.42. The highest BCUT2D eigenvalue weighted by Crippen LogP contribution is 2.25. The second-order valence-electron chi connectivity index (χ2n) is 3.36. The van der Waals surface area contributed by atoms with E-state index >= 15 is 0 Å². The summed E-state index contributed by atoms with van der Waals surface area (Å²) < 4.78 is 15.2. The molecule has 82 valence electrons. The van der Waals surface area contributed by atoms with Gasteiger partial charge in [-0.05, 0) is 19.1 Å². The molecule has 0 N–H and O–H groups in total. The summed E-state index contributed by atoms with van der Waals surface area (Å²) in [5.74, 6) is -0.346. The van der Waals surface area contributed by atoms with E-state index in [1.165, 1.54) is 12.3 Å². The van der Waals surface area contributed by atoms with E-state index in [1.54, 1.807) is 22.9 Å². The number of hydrogen-bond donors (Lipinski definition) is 0. The second kappa shape index (κ2) is 4.26. The van der Waals surface area contributed by atoms with Crippen LogP contribution in [0.15, 0.2) is 30.5 Å². The Kier molecular flexibility index (Phi) is 2.81. The van der Waals surface area contributed by atoms with E-state index in [2.05, 4.69) is 5.10 Å². The summed E-state index contributed by atoms with van der Waals surface area (Å²) >= 11 is 0. The maximum absolute atomic E-state index is 13.6. The van der Waals surface area contributed by atoms with Crippen molar-refractivity contribution in [3.8, 4) is 11.3 Å². The molecular weight excluding hydrogens is 207 g/mol. The molecule has 0 unspecified atom stereocenters. The van der Waals surface area contributed by atoms with E-state index in [-0.39, 0.29) is 5.82 Å². The molecule has 0 spiro atoms. The van der Waals surface area contributed by atoms with E-state index in [4.69, 9.17) is 0 Å². The van der Waals surface area contributed by atoms with Gasteiger partial charge in [-0.25, -0.2) is 4.39 Å². The highest BCUT2D eigenvalue weighted by Gasteiger charge is 2.14. The SMILES string of the molecule is CCn1ncc(C=O)c1-c1ccccc1F. The van der Waals surface area contributed by atoms with Crippen LogP contribution in [0.4, 0.5) is 4.39 Å². The van der Waals surface area contributed by atoms with E-state index < -0.39 is 0 Å². The standard InChI is InChI=1S/C12H11FN2O/c1-2-15-12(9(8-16)7-14-15)10-5-3-4-6-11(10)13/h3-8H,2H2,1H3. The van der Waals surface area contributed by atoms with Gasteiger partial charge in [-0.3, -0.25) is 9.48 Å². The molecule has 16 heavy (non-hydrogen) atoms. The summed E-state index contributed by atoms with van der Waals surface area (Å²) in [5.41, 5.74) is 1.35. The van der Waals surface area contributed by atoms with Crippen LogP contribution >= 0.6 is 0 Å². The molecule has 0 bridgehead atoms. The lowest BCUT2D eigenvalue weighted by Gasteiger charge is -2.06. The Balaban J connectivity index is 2.67. The molecule has 0 fully saturated rings. The molecule has 1 aromatic heterocycles. The summed E-state index contributed by atoms with van der Waals surface area (Å²) in [6.07, 6.45) is 2.15. The van der Waals surface area contributed by atoms with Gasteiger partial charge in [0.25, 0.3) is 0 Å². The molecule has 0 aliphatic rings. The number of benzene rings is 1. The Morgan fingerprint density at radius 2 is 2.19 bits per heavy atom. The fourth-order valence-electron chi connectivity index (χ4n) is 1.67. The third-order valence-electron chi connectivity index (χ3n) is 2.42. The lowest BCUT2D eigenvalue weighted by molar-refractivity contribution is 0.112.